The van der Waals surface area contributed by atoms with Gasteiger partial charge in [0.1, 0.15) is 5.82 Å². The van der Waals surface area contributed by atoms with Crippen LogP contribution in [0.5, 0.6) is 0 Å². The van der Waals surface area contributed by atoms with Gasteiger partial charge in [0.05, 0.1) is 0 Å². The molecule has 1 aromatic rings. The molecule has 3 heteroatoms. The lowest BCUT2D eigenvalue weighted by Crippen LogP contribution is -2.40. The van der Waals surface area contributed by atoms with Crippen molar-refractivity contribution in [3.8, 4) is 0 Å². The van der Waals surface area contributed by atoms with Crippen molar-refractivity contribution in [3.63, 3.8) is 0 Å². The summed E-state index contributed by atoms with van der Waals surface area (Å²) in [5.74, 6) is 1.26. The van der Waals surface area contributed by atoms with Crippen molar-refractivity contribution in [1.82, 2.24) is 10.2 Å². The first kappa shape index (κ1) is 16.4. The SMILES string of the molecule is CC(C)CC(CNC(c1ccc(F)cc1)C1CC1)N(C)C. The molecule has 0 aliphatic heterocycles. The average molecular weight is 292 g/mol. The maximum Gasteiger partial charge on any atom is 0.123 e. The number of halogens is 1. The Kier molecular flexibility index (Phi) is 5.77. The van der Waals surface area contributed by atoms with E-state index in [-0.39, 0.29) is 5.82 Å². The molecule has 0 aromatic heterocycles. The fourth-order valence-corrected chi connectivity index (χ4v) is 2.94. The molecule has 1 aliphatic rings. The van der Waals surface area contributed by atoms with Gasteiger partial charge in [-0.2, -0.15) is 0 Å². The van der Waals surface area contributed by atoms with Gasteiger partial charge in [0, 0.05) is 18.6 Å². The molecule has 1 aliphatic carbocycles. The highest BCUT2D eigenvalue weighted by atomic mass is 19.1. The first-order valence-corrected chi connectivity index (χ1v) is 8.12. The predicted octanol–water partition coefficient (Wildman–Crippen LogP) is 3.84. The molecule has 2 unspecified atom stereocenters. The summed E-state index contributed by atoms with van der Waals surface area (Å²) >= 11 is 0. The third-order valence-electron chi connectivity index (χ3n) is 4.37. The van der Waals surface area contributed by atoms with E-state index in [2.05, 4.69) is 38.2 Å². The summed E-state index contributed by atoms with van der Waals surface area (Å²) in [5.41, 5.74) is 1.22. The number of nitrogens with zero attached hydrogens (tertiary/aromatic N) is 1. The molecule has 1 fully saturated rings. The van der Waals surface area contributed by atoms with Gasteiger partial charge in [0.15, 0.2) is 0 Å². The Hall–Kier alpha value is -0.930. The second-order valence-electron chi connectivity index (χ2n) is 7.02. The quantitative estimate of drug-likeness (QED) is 0.783. The minimum absolute atomic E-state index is 0.153. The molecule has 1 saturated carbocycles. The summed E-state index contributed by atoms with van der Waals surface area (Å²) in [5, 5.41) is 3.74. The Balaban J connectivity index is 1.98. The Bertz CT molecular complexity index is 423. The summed E-state index contributed by atoms with van der Waals surface area (Å²) < 4.78 is 13.1. The second-order valence-corrected chi connectivity index (χ2v) is 7.02. The van der Waals surface area contributed by atoms with E-state index in [4.69, 9.17) is 0 Å². The summed E-state index contributed by atoms with van der Waals surface area (Å²) in [6.07, 6.45) is 3.76. The number of hydrogen-bond acceptors (Lipinski definition) is 2. The van der Waals surface area contributed by atoms with Gasteiger partial charge in [-0.25, -0.2) is 4.39 Å². The third kappa shape index (κ3) is 5.08. The van der Waals surface area contributed by atoms with Gasteiger partial charge in [-0.1, -0.05) is 26.0 Å². The van der Waals surface area contributed by atoms with E-state index in [1.54, 1.807) is 12.1 Å². The number of nitrogens with one attached hydrogen (secondary N) is 1. The highest BCUT2D eigenvalue weighted by molar-refractivity contribution is 5.22. The summed E-state index contributed by atoms with van der Waals surface area (Å²) in [6.45, 7) is 5.54. The zero-order valence-electron chi connectivity index (χ0n) is 13.8. The van der Waals surface area contributed by atoms with Crippen LogP contribution in [0.15, 0.2) is 24.3 Å². The van der Waals surface area contributed by atoms with Crippen LogP contribution in [0.25, 0.3) is 0 Å². The van der Waals surface area contributed by atoms with E-state index < -0.39 is 0 Å². The molecule has 21 heavy (non-hydrogen) atoms. The molecule has 2 atom stereocenters. The van der Waals surface area contributed by atoms with Crippen LogP contribution in [-0.2, 0) is 0 Å². The van der Waals surface area contributed by atoms with Crippen molar-refractivity contribution in [3.05, 3.63) is 35.6 Å². The number of benzene rings is 1. The predicted molar refractivity (Wildman–Crippen MR) is 86.8 cm³/mol. The van der Waals surface area contributed by atoms with Gasteiger partial charge in [0.25, 0.3) is 0 Å². The van der Waals surface area contributed by atoms with Crippen LogP contribution >= 0.6 is 0 Å². The molecule has 1 aromatic carbocycles. The minimum atomic E-state index is -0.153. The molecule has 0 heterocycles. The van der Waals surface area contributed by atoms with E-state index in [1.165, 1.54) is 24.8 Å². The summed E-state index contributed by atoms with van der Waals surface area (Å²) in [6, 6.07) is 7.93. The first-order chi connectivity index (χ1) is 9.97. The van der Waals surface area contributed by atoms with Crippen molar-refractivity contribution in [1.29, 1.82) is 0 Å². The van der Waals surface area contributed by atoms with Crippen molar-refractivity contribution in [2.24, 2.45) is 11.8 Å². The van der Waals surface area contributed by atoms with Crippen LogP contribution in [0.4, 0.5) is 4.39 Å². The van der Waals surface area contributed by atoms with Crippen molar-refractivity contribution < 1.29 is 4.39 Å². The Morgan fingerprint density at radius 2 is 1.81 bits per heavy atom. The topological polar surface area (TPSA) is 15.3 Å². The van der Waals surface area contributed by atoms with E-state index in [1.807, 2.05) is 12.1 Å². The smallest absolute Gasteiger partial charge is 0.123 e. The Morgan fingerprint density at radius 3 is 2.29 bits per heavy atom. The summed E-state index contributed by atoms with van der Waals surface area (Å²) in [7, 11) is 4.30. The number of likely N-dealkylation sites (N-methyl/N-ethyl adjacent to an activating group) is 1. The lowest BCUT2D eigenvalue weighted by molar-refractivity contribution is 0.237. The number of rotatable bonds is 8. The maximum absolute atomic E-state index is 13.1. The highest BCUT2D eigenvalue weighted by Crippen LogP contribution is 2.41. The molecule has 2 rings (SSSR count). The lowest BCUT2D eigenvalue weighted by Gasteiger charge is -2.29. The largest absolute Gasteiger partial charge is 0.308 e. The third-order valence-corrected chi connectivity index (χ3v) is 4.37. The van der Waals surface area contributed by atoms with Crippen LogP contribution in [0.3, 0.4) is 0 Å². The van der Waals surface area contributed by atoms with Gasteiger partial charge >= 0.3 is 0 Å². The monoisotopic (exact) mass is 292 g/mol. The molecular formula is C18H29FN2. The van der Waals surface area contributed by atoms with Crippen LogP contribution in [0.2, 0.25) is 0 Å². The van der Waals surface area contributed by atoms with Crippen LogP contribution in [-0.4, -0.2) is 31.6 Å². The Labute approximate surface area is 128 Å². The molecule has 0 amide bonds. The molecule has 118 valence electrons. The molecule has 1 N–H and O–H groups in total. The van der Waals surface area contributed by atoms with Crippen LogP contribution in [0.1, 0.15) is 44.7 Å². The molecule has 0 spiro atoms. The fraction of sp³-hybridized carbons (Fsp3) is 0.667. The fourth-order valence-electron chi connectivity index (χ4n) is 2.94. The molecule has 2 nitrogen and oxygen atoms in total. The maximum atomic E-state index is 13.1. The zero-order chi connectivity index (χ0) is 15.4. The average Bonchev–Trinajstić information content (AvgIpc) is 3.23. The van der Waals surface area contributed by atoms with Crippen molar-refractivity contribution in [2.45, 2.75) is 45.2 Å². The van der Waals surface area contributed by atoms with Gasteiger partial charge < -0.3 is 10.2 Å². The first-order valence-electron chi connectivity index (χ1n) is 8.12. The zero-order valence-corrected chi connectivity index (χ0v) is 13.8. The normalized spacial score (nSPS) is 18.2. The van der Waals surface area contributed by atoms with E-state index in [0.717, 1.165) is 12.5 Å². The van der Waals surface area contributed by atoms with Crippen LogP contribution < -0.4 is 5.32 Å². The van der Waals surface area contributed by atoms with E-state index in [9.17, 15) is 4.39 Å². The minimum Gasteiger partial charge on any atom is -0.308 e. The van der Waals surface area contributed by atoms with Gasteiger partial charge in [-0.15, -0.1) is 0 Å². The molecule has 0 radical (unpaired) electrons. The Morgan fingerprint density at radius 1 is 1.19 bits per heavy atom. The van der Waals surface area contributed by atoms with E-state index >= 15 is 0 Å². The van der Waals surface area contributed by atoms with Gasteiger partial charge in [-0.3, -0.25) is 0 Å². The van der Waals surface area contributed by atoms with E-state index in [0.29, 0.717) is 18.0 Å². The highest BCUT2D eigenvalue weighted by Gasteiger charge is 2.32. The van der Waals surface area contributed by atoms with Gasteiger partial charge in [0.2, 0.25) is 0 Å². The molecule has 0 saturated heterocycles. The molecular weight excluding hydrogens is 263 g/mol. The number of hydrogen-bond donors (Lipinski definition) is 1. The standard InChI is InChI=1S/C18H29FN2/c1-13(2)11-17(21(3)4)12-20-18(14-5-6-14)15-7-9-16(19)10-8-15/h7-10,13-14,17-18,20H,5-6,11-12H2,1-4H3. The molecule has 0 bridgehead atoms. The summed E-state index contributed by atoms with van der Waals surface area (Å²) in [4.78, 5) is 2.31. The van der Waals surface area contributed by atoms with Crippen LogP contribution in [0, 0.1) is 17.7 Å². The van der Waals surface area contributed by atoms with Crippen molar-refractivity contribution in [2.75, 3.05) is 20.6 Å². The van der Waals surface area contributed by atoms with Gasteiger partial charge in [-0.05, 0) is 62.9 Å². The second kappa shape index (κ2) is 7.37. The lowest BCUT2D eigenvalue weighted by atomic mass is 9.99. The van der Waals surface area contributed by atoms with Crippen molar-refractivity contribution >= 4 is 0 Å².